The number of nitrogens with zero attached hydrogens (tertiary/aromatic N) is 1. The molecular formula is C10H19NO2. The average Bonchev–Trinajstić information content (AvgIpc) is 1.82. The molecule has 0 spiro atoms. The number of carboxylic acid groups (broad SMARTS) is 1. The van der Waals surface area contributed by atoms with Gasteiger partial charge in [-0.25, -0.2) is 4.79 Å². The Bertz CT molecular complexity index is 211. The van der Waals surface area contributed by atoms with Gasteiger partial charge in [-0.3, -0.25) is 0 Å². The molecule has 0 aromatic heterocycles. The number of hydrogen-bond acceptors (Lipinski definition) is 2. The number of rotatable bonds is 3. The zero-order chi connectivity index (χ0) is 10.6. The van der Waals surface area contributed by atoms with Gasteiger partial charge in [-0.2, -0.15) is 0 Å². The van der Waals surface area contributed by atoms with Crippen LogP contribution in [0.1, 0.15) is 27.2 Å². The van der Waals surface area contributed by atoms with E-state index in [1.165, 1.54) is 0 Å². The third kappa shape index (κ3) is 5.28. The van der Waals surface area contributed by atoms with Gasteiger partial charge in [0, 0.05) is 14.1 Å². The molecule has 13 heavy (non-hydrogen) atoms. The highest BCUT2D eigenvalue weighted by molar-refractivity contribution is 5.85. The van der Waals surface area contributed by atoms with Crippen LogP contribution in [-0.4, -0.2) is 30.1 Å². The van der Waals surface area contributed by atoms with Crippen LogP contribution in [0.25, 0.3) is 0 Å². The van der Waals surface area contributed by atoms with Gasteiger partial charge in [-0.1, -0.05) is 26.8 Å². The molecule has 0 saturated carbocycles. The van der Waals surface area contributed by atoms with Crippen LogP contribution in [0.15, 0.2) is 11.8 Å². The first-order chi connectivity index (χ1) is 5.74. The van der Waals surface area contributed by atoms with Crippen molar-refractivity contribution in [1.82, 2.24) is 4.90 Å². The first-order valence-corrected chi connectivity index (χ1v) is 4.35. The van der Waals surface area contributed by atoms with Crippen molar-refractivity contribution in [3.05, 3.63) is 11.8 Å². The highest BCUT2D eigenvalue weighted by atomic mass is 16.4. The molecule has 0 amide bonds. The smallest absolute Gasteiger partial charge is 0.351 e. The summed E-state index contributed by atoms with van der Waals surface area (Å²) in [5.41, 5.74) is 0.492. The van der Waals surface area contributed by atoms with Gasteiger partial charge >= 0.3 is 5.97 Å². The van der Waals surface area contributed by atoms with Crippen molar-refractivity contribution in [3.8, 4) is 0 Å². The Morgan fingerprint density at radius 3 is 2.08 bits per heavy atom. The minimum Gasteiger partial charge on any atom is -0.477 e. The van der Waals surface area contributed by atoms with Gasteiger partial charge in [0.15, 0.2) is 0 Å². The predicted molar refractivity (Wildman–Crippen MR) is 53.5 cm³/mol. The molecule has 0 unspecified atom stereocenters. The maximum absolute atomic E-state index is 10.7. The van der Waals surface area contributed by atoms with Crippen molar-refractivity contribution < 1.29 is 9.90 Å². The second-order valence-electron chi connectivity index (χ2n) is 4.55. The standard InChI is InChI=1S/C10H19NO2/c1-10(2,3)7-6-8(9(12)13)11(4)5/h6H,7H2,1-5H3,(H,12,13)/b8-6+. The number of allylic oxidation sites excluding steroid dienone is 1. The van der Waals surface area contributed by atoms with Crippen LogP contribution < -0.4 is 0 Å². The monoisotopic (exact) mass is 185 g/mol. The van der Waals surface area contributed by atoms with Gasteiger partial charge in [0.05, 0.1) is 0 Å². The second-order valence-corrected chi connectivity index (χ2v) is 4.55. The lowest BCUT2D eigenvalue weighted by atomic mass is 9.92. The molecular weight excluding hydrogens is 166 g/mol. The van der Waals surface area contributed by atoms with Crippen LogP contribution in [0.4, 0.5) is 0 Å². The lowest BCUT2D eigenvalue weighted by Gasteiger charge is -2.18. The first-order valence-electron chi connectivity index (χ1n) is 4.35. The molecule has 1 N–H and O–H groups in total. The number of carboxylic acids is 1. The molecule has 0 rings (SSSR count). The maximum atomic E-state index is 10.7. The van der Waals surface area contributed by atoms with Crippen LogP contribution in [-0.2, 0) is 4.79 Å². The van der Waals surface area contributed by atoms with Gasteiger partial charge < -0.3 is 10.0 Å². The Morgan fingerprint density at radius 1 is 1.38 bits per heavy atom. The van der Waals surface area contributed by atoms with E-state index in [4.69, 9.17) is 5.11 Å². The normalized spacial score (nSPS) is 12.8. The van der Waals surface area contributed by atoms with Crippen LogP contribution in [0.3, 0.4) is 0 Å². The number of likely N-dealkylation sites (N-methyl/N-ethyl adjacent to an activating group) is 1. The first kappa shape index (κ1) is 12.0. The van der Waals surface area contributed by atoms with Crippen molar-refractivity contribution in [2.45, 2.75) is 27.2 Å². The second kappa shape index (κ2) is 4.30. The summed E-state index contributed by atoms with van der Waals surface area (Å²) in [7, 11) is 3.48. The minimum atomic E-state index is -0.866. The summed E-state index contributed by atoms with van der Waals surface area (Å²) in [4.78, 5) is 12.4. The Kier molecular flexibility index (Phi) is 3.98. The molecule has 0 aromatic rings. The zero-order valence-corrected chi connectivity index (χ0v) is 9.09. The molecule has 0 atom stereocenters. The van der Waals surface area contributed by atoms with E-state index in [0.29, 0.717) is 5.70 Å². The number of carbonyl (C=O) groups is 1. The summed E-state index contributed by atoms with van der Waals surface area (Å²) in [6.45, 7) is 6.25. The average molecular weight is 185 g/mol. The van der Waals surface area contributed by atoms with Crippen LogP contribution in [0, 0.1) is 5.41 Å². The molecule has 0 bridgehead atoms. The Balaban J connectivity index is 4.48. The molecule has 0 saturated heterocycles. The van der Waals surface area contributed by atoms with E-state index in [2.05, 4.69) is 20.8 Å². The molecule has 0 heterocycles. The Morgan fingerprint density at radius 2 is 1.85 bits per heavy atom. The van der Waals surface area contributed by atoms with Gasteiger partial charge in [0.1, 0.15) is 5.70 Å². The van der Waals surface area contributed by atoms with Crippen LogP contribution in [0.2, 0.25) is 0 Å². The Hall–Kier alpha value is -0.990. The highest BCUT2D eigenvalue weighted by Gasteiger charge is 2.13. The summed E-state index contributed by atoms with van der Waals surface area (Å²) in [5, 5.41) is 8.83. The number of hydrogen-bond donors (Lipinski definition) is 1. The minimum absolute atomic E-state index is 0.136. The summed E-state index contributed by atoms with van der Waals surface area (Å²) < 4.78 is 0. The fourth-order valence-corrected chi connectivity index (χ4v) is 0.864. The molecule has 0 aromatic carbocycles. The molecule has 3 nitrogen and oxygen atoms in total. The maximum Gasteiger partial charge on any atom is 0.351 e. The zero-order valence-electron chi connectivity index (χ0n) is 9.09. The van der Waals surface area contributed by atoms with Crippen molar-refractivity contribution >= 4 is 5.97 Å². The molecule has 3 heteroatoms. The molecule has 0 fully saturated rings. The van der Waals surface area contributed by atoms with Crippen molar-refractivity contribution in [1.29, 1.82) is 0 Å². The highest BCUT2D eigenvalue weighted by Crippen LogP contribution is 2.20. The molecule has 0 aliphatic carbocycles. The van der Waals surface area contributed by atoms with E-state index >= 15 is 0 Å². The summed E-state index contributed by atoms with van der Waals surface area (Å²) in [5.74, 6) is -0.866. The lowest BCUT2D eigenvalue weighted by molar-refractivity contribution is -0.134. The quantitative estimate of drug-likeness (QED) is 0.683. The summed E-state index contributed by atoms with van der Waals surface area (Å²) >= 11 is 0. The predicted octanol–water partition coefficient (Wildman–Crippen LogP) is 1.95. The number of aliphatic carboxylic acids is 1. The fraction of sp³-hybridized carbons (Fsp3) is 0.700. The van der Waals surface area contributed by atoms with E-state index in [-0.39, 0.29) is 5.41 Å². The van der Waals surface area contributed by atoms with E-state index in [0.717, 1.165) is 6.42 Å². The largest absolute Gasteiger partial charge is 0.477 e. The fourth-order valence-electron chi connectivity index (χ4n) is 0.864. The van der Waals surface area contributed by atoms with Gasteiger partial charge in [-0.05, 0) is 11.8 Å². The SMILES string of the molecule is CN(C)/C(=C/CC(C)(C)C)C(=O)O. The van der Waals surface area contributed by atoms with Crippen LogP contribution in [0.5, 0.6) is 0 Å². The molecule has 0 aliphatic heterocycles. The summed E-state index contributed by atoms with van der Waals surface area (Å²) in [6.07, 6.45) is 2.54. The van der Waals surface area contributed by atoms with Gasteiger partial charge in [0.25, 0.3) is 0 Å². The third-order valence-electron chi connectivity index (χ3n) is 1.61. The molecule has 0 radical (unpaired) electrons. The van der Waals surface area contributed by atoms with E-state index < -0.39 is 5.97 Å². The summed E-state index contributed by atoms with van der Waals surface area (Å²) in [6, 6.07) is 0. The topological polar surface area (TPSA) is 40.5 Å². The van der Waals surface area contributed by atoms with Crippen LogP contribution >= 0.6 is 0 Å². The molecule has 76 valence electrons. The van der Waals surface area contributed by atoms with Crippen molar-refractivity contribution in [2.75, 3.05) is 14.1 Å². The van der Waals surface area contributed by atoms with E-state index in [9.17, 15) is 4.79 Å². The van der Waals surface area contributed by atoms with Crippen molar-refractivity contribution in [2.24, 2.45) is 5.41 Å². The molecule has 0 aliphatic rings. The third-order valence-corrected chi connectivity index (χ3v) is 1.61. The van der Waals surface area contributed by atoms with E-state index in [1.54, 1.807) is 25.1 Å². The van der Waals surface area contributed by atoms with Crippen molar-refractivity contribution in [3.63, 3.8) is 0 Å². The lowest BCUT2D eigenvalue weighted by Crippen LogP contribution is -2.19. The van der Waals surface area contributed by atoms with E-state index in [1.807, 2.05) is 0 Å². The Labute approximate surface area is 80.0 Å². The van der Waals surface area contributed by atoms with Gasteiger partial charge in [-0.15, -0.1) is 0 Å². The van der Waals surface area contributed by atoms with Gasteiger partial charge in [0.2, 0.25) is 0 Å².